The molecule has 0 heterocycles. The van der Waals surface area contributed by atoms with Gasteiger partial charge >= 0.3 is 6.18 Å². The lowest BCUT2D eigenvalue weighted by Crippen LogP contribution is -2.36. The molecule has 112 valence electrons. The second kappa shape index (κ2) is 6.97. The van der Waals surface area contributed by atoms with Crippen LogP contribution in [0.25, 0.3) is 0 Å². The molecule has 0 aromatic heterocycles. The van der Waals surface area contributed by atoms with E-state index in [4.69, 9.17) is 0 Å². The summed E-state index contributed by atoms with van der Waals surface area (Å²) in [5.41, 5.74) is -2.01. The molecule has 0 aliphatic heterocycles. The zero-order chi connectivity index (χ0) is 15.3. The number of hydrogen-bond donors (Lipinski definition) is 1. The number of alkyl halides is 3. The van der Waals surface area contributed by atoms with Crippen LogP contribution in [0.4, 0.5) is 17.6 Å². The van der Waals surface area contributed by atoms with E-state index in [0.29, 0.717) is 18.2 Å². The number of carbonyl (C=O) groups is 1. The van der Waals surface area contributed by atoms with Crippen molar-refractivity contribution in [2.45, 2.75) is 25.6 Å². The van der Waals surface area contributed by atoms with E-state index < -0.39 is 29.0 Å². The highest BCUT2D eigenvalue weighted by atomic mass is 32.2. The van der Waals surface area contributed by atoms with Crippen molar-refractivity contribution in [2.24, 2.45) is 0 Å². The number of benzene rings is 1. The molecule has 0 saturated carbocycles. The molecular formula is C13H15F4NOS. The Kier molecular flexibility index (Phi) is 5.86. The second-order valence-electron chi connectivity index (χ2n) is 4.20. The van der Waals surface area contributed by atoms with Crippen molar-refractivity contribution in [3.63, 3.8) is 0 Å². The molecular weight excluding hydrogens is 294 g/mol. The number of rotatable bonds is 5. The molecule has 1 aromatic rings. The van der Waals surface area contributed by atoms with Crippen molar-refractivity contribution >= 4 is 17.7 Å². The van der Waals surface area contributed by atoms with Gasteiger partial charge in [0.25, 0.3) is 5.91 Å². The van der Waals surface area contributed by atoms with Crippen LogP contribution in [0.3, 0.4) is 0 Å². The second-order valence-corrected chi connectivity index (χ2v) is 5.11. The summed E-state index contributed by atoms with van der Waals surface area (Å²) < 4.78 is 51.5. The minimum Gasteiger partial charge on any atom is -0.348 e. The normalized spacial score (nSPS) is 13.1. The van der Waals surface area contributed by atoms with Gasteiger partial charge in [-0.3, -0.25) is 4.79 Å². The molecule has 1 aromatic carbocycles. The monoisotopic (exact) mass is 309 g/mol. The molecule has 1 unspecified atom stereocenters. The van der Waals surface area contributed by atoms with Crippen LogP contribution in [0.5, 0.6) is 0 Å². The molecule has 0 fully saturated rings. The lowest BCUT2D eigenvalue weighted by molar-refractivity contribution is -0.140. The van der Waals surface area contributed by atoms with E-state index in [1.807, 2.05) is 13.2 Å². The van der Waals surface area contributed by atoms with E-state index in [1.54, 1.807) is 0 Å². The highest BCUT2D eigenvalue weighted by Crippen LogP contribution is 2.32. The van der Waals surface area contributed by atoms with Crippen LogP contribution < -0.4 is 5.32 Å². The summed E-state index contributed by atoms with van der Waals surface area (Å²) in [6.45, 7) is 1.84. The minimum atomic E-state index is -4.82. The Morgan fingerprint density at radius 2 is 2.05 bits per heavy atom. The summed E-state index contributed by atoms with van der Waals surface area (Å²) >= 11 is 1.49. The van der Waals surface area contributed by atoms with Gasteiger partial charge in [0.1, 0.15) is 5.82 Å². The van der Waals surface area contributed by atoms with Crippen molar-refractivity contribution < 1.29 is 22.4 Å². The Bertz CT molecular complexity index is 476. The van der Waals surface area contributed by atoms with Crippen LogP contribution in [-0.4, -0.2) is 24.0 Å². The number of halogens is 4. The molecule has 1 atom stereocenters. The fraction of sp³-hybridized carbons (Fsp3) is 0.462. The minimum absolute atomic E-state index is 0.202. The average Bonchev–Trinajstić information content (AvgIpc) is 2.36. The van der Waals surface area contributed by atoms with Crippen LogP contribution in [-0.2, 0) is 6.18 Å². The summed E-state index contributed by atoms with van der Waals surface area (Å²) in [6.07, 6.45) is -2.35. The Balaban J connectivity index is 3.00. The summed E-state index contributed by atoms with van der Waals surface area (Å²) in [5, 5.41) is 2.54. The molecule has 0 aliphatic carbocycles. The predicted molar refractivity (Wildman–Crippen MR) is 71.3 cm³/mol. The number of hydrogen-bond acceptors (Lipinski definition) is 2. The van der Waals surface area contributed by atoms with Gasteiger partial charge in [-0.1, -0.05) is 13.0 Å². The first-order valence-electron chi connectivity index (χ1n) is 5.96. The van der Waals surface area contributed by atoms with Crippen molar-refractivity contribution in [1.29, 1.82) is 0 Å². The van der Waals surface area contributed by atoms with E-state index >= 15 is 0 Å². The Labute approximate surface area is 118 Å². The van der Waals surface area contributed by atoms with Gasteiger partial charge in [0.15, 0.2) is 0 Å². The van der Waals surface area contributed by atoms with Crippen LogP contribution in [0.15, 0.2) is 18.2 Å². The van der Waals surface area contributed by atoms with Gasteiger partial charge in [-0.2, -0.15) is 24.9 Å². The largest absolute Gasteiger partial charge is 0.419 e. The summed E-state index contributed by atoms with van der Waals surface area (Å²) in [7, 11) is 0. The summed E-state index contributed by atoms with van der Waals surface area (Å²) in [4.78, 5) is 11.9. The Morgan fingerprint density at radius 3 is 2.55 bits per heavy atom. The van der Waals surface area contributed by atoms with Crippen LogP contribution >= 0.6 is 11.8 Å². The van der Waals surface area contributed by atoms with E-state index in [1.165, 1.54) is 11.8 Å². The highest BCUT2D eigenvalue weighted by Gasteiger charge is 2.35. The van der Waals surface area contributed by atoms with Crippen molar-refractivity contribution in [3.8, 4) is 0 Å². The van der Waals surface area contributed by atoms with Gasteiger partial charge < -0.3 is 5.32 Å². The Hall–Kier alpha value is -1.24. The standard InChI is InChI=1S/C13H15F4NOS/c1-3-8(7-20-2)18-12(19)9-5-4-6-10(11(9)14)13(15,16)17/h4-6,8H,3,7H2,1-2H3,(H,18,19). The van der Waals surface area contributed by atoms with Gasteiger partial charge in [0.2, 0.25) is 0 Å². The van der Waals surface area contributed by atoms with Crippen molar-refractivity contribution in [2.75, 3.05) is 12.0 Å². The number of thioether (sulfide) groups is 1. The van der Waals surface area contributed by atoms with Gasteiger partial charge in [0.05, 0.1) is 11.1 Å². The molecule has 2 nitrogen and oxygen atoms in total. The third-order valence-corrected chi connectivity index (χ3v) is 3.48. The third kappa shape index (κ3) is 4.13. The summed E-state index contributed by atoms with van der Waals surface area (Å²) in [6, 6.07) is 2.49. The zero-order valence-electron chi connectivity index (χ0n) is 11.1. The first kappa shape index (κ1) is 16.8. The molecule has 1 N–H and O–H groups in total. The van der Waals surface area contributed by atoms with Gasteiger partial charge in [-0.15, -0.1) is 0 Å². The smallest absolute Gasteiger partial charge is 0.348 e. The van der Waals surface area contributed by atoms with E-state index in [0.717, 1.165) is 12.1 Å². The first-order chi connectivity index (χ1) is 9.31. The number of carbonyl (C=O) groups excluding carboxylic acids is 1. The van der Waals surface area contributed by atoms with Crippen LogP contribution in [0.1, 0.15) is 29.3 Å². The maximum absolute atomic E-state index is 13.8. The number of nitrogens with one attached hydrogen (secondary N) is 1. The first-order valence-corrected chi connectivity index (χ1v) is 7.36. The Morgan fingerprint density at radius 1 is 1.40 bits per heavy atom. The maximum Gasteiger partial charge on any atom is 0.419 e. The average molecular weight is 309 g/mol. The quantitative estimate of drug-likeness (QED) is 0.840. The topological polar surface area (TPSA) is 29.1 Å². The molecule has 0 bridgehead atoms. The molecule has 20 heavy (non-hydrogen) atoms. The van der Waals surface area contributed by atoms with Crippen molar-refractivity contribution in [1.82, 2.24) is 5.32 Å². The van der Waals surface area contributed by atoms with Gasteiger partial charge in [-0.05, 0) is 24.8 Å². The maximum atomic E-state index is 13.8. The molecule has 7 heteroatoms. The lowest BCUT2D eigenvalue weighted by Gasteiger charge is -2.17. The predicted octanol–water partition coefficient (Wildman–Crippen LogP) is 3.72. The van der Waals surface area contributed by atoms with E-state index in [9.17, 15) is 22.4 Å². The van der Waals surface area contributed by atoms with Gasteiger partial charge in [0, 0.05) is 11.8 Å². The summed E-state index contributed by atoms with van der Waals surface area (Å²) in [5.74, 6) is -1.74. The molecule has 0 radical (unpaired) electrons. The molecule has 0 aliphatic rings. The molecule has 1 rings (SSSR count). The fourth-order valence-corrected chi connectivity index (χ4v) is 2.37. The van der Waals surface area contributed by atoms with E-state index in [2.05, 4.69) is 5.32 Å². The van der Waals surface area contributed by atoms with Crippen molar-refractivity contribution in [3.05, 3.63) is 35.1 Å². The third-order valence-electron chi connectivity index (χ3n) is 2.74. The SMILES string of the molecule is CCC(CSC)NC(=O)c1cccc(C(F)(F)F)c1F. The molecule has 0 saturated heterocycles. The molecule has 1 amide bonds. The van der Waals surface area contributed by atoms with E-state index in [-0.39, 0.29) is 6.04 Å². The van der Waals surface area contributed by atoms with Crippen LogP contribution in [0.2, 0.25) is 0 Å². The highest BCUT2D eigenvalue weighted by molar-refractivity contribution is 7.98. The number of amides is 1. The van der Waals surface area contributed by atoms with Gasteiger partial charge in [-0.25, -0.2) is 4.39 Å². The van der Waals surface area contributed by atoms with Crippen LogP contribution in [0, 0.1) is 5.82 Å². The fourth-order valence-electron chi connectivity index (χ4n) is 1.65. The lowest BCUT2D eigenvalue weighted by atomic mass is 10.1. The zero-order valence-corrected chi connectivity index (χ0v) is 11.9. The molecule has 0 spiro atoms.